The van der Waals surface area contributed by atoms with Crippen LogP contribution in [0.5, 0.6) is 0 Å². The van der Waals surface area contributed by atoms with Crippen molar-refractivity contribution in [1.29, 1.82) is 5.26 Å². The first kappa shape index (κ1) is 31.8. The van der Waals surface area contributed by atoms with Crippen molar-refractivity contribution in [2.24, 2.45) is 0 Å². The Kier molecular flexibility index (Phi) is 8.30. The summed E-state index contributed by atoms with van der Waals surface area (Å²) < 4.78 is 96.1. The number of benzene rings is 2. The Morgan fingerprint density at radius 1 is 1.11 bits per heavy atom. The van der Waals surface area contributed by atoms with Gasteiger partial charge in [-0.15, -0.1) is 0 Å². The first-order chi connectivity index (χ1) is 21.1. The Morgan fingerprint density at radius 3 is 2.47 bits per heavy atom. The minimum atomic E-state index is -4.84. The van der Waals surface area contributed by atoms with E-state index in [0.717, 1.165) is 23.1 Å². The first-order valence-electron chi connectivity index (χ1n) is 13.7. The molecule has 45 heavy (non-hydrogen) atoms. The van der Waals surface area contributed by atoms with E-state index in [1.165, 1.54) is 24.4 Å². The number of carbonyl (C=O) groups excluding carboxylic acids is 2. The molecule has 0 spiro atoms. The summed E-state index contributed by atoms with van der Waals surface area (Å²) in [6, 6.07) is 10.0. The number of nitriles is 1. The van der Waals surface area contributed by atoms with Crippen molar-refractivity contribution in [3.63, 3.8) is 0 Å². The molecule has 2 atom stereocenters. The fraction of sp³-hybridized carbons (Fsp3) is 0.333. The van der Waals surface area contributed by atoms with Gasteiger partial charge in [0.1, 0.15) is 17.9 Å². The lowest BCUT2D eigenvalue weighted by molar-refractivity contribution is -0.137. The average molecular weight is 648 g/mol. The second kappa shape index (κ2) is 11.7. The Bertz CT molecular complexity index is 1790. The van der Waals surface area contributed by atoms with Crippen LogP contribution in [0.2, 0.25) is 0 Å². The SMILES string of the molecule is Cc1ccccc1C(C(=O)NC1CC(F)(F)C1)N(C(=O)[C@@H]1CCS(=O)(=O)N1c1cc(C#N)ccn1)c1cccc(C(F)(F)F)c1. The third-order valence-corrected chi connectivity index (χ3v) is 9.53. The van der Waals surface area contributed by atoms with Crippen LogP contribution in [-0.4, -0.2) is 49.0 Å². The van der Waals surface area contributed by atoms with Crippen LogP contribution in [0.3, 0.4) is 0 Å². The smallest absolute Gasteiger partial charge is 0.351 e. The zero-order chi connectivity index (χ0) is 32.7. The molecule has 3 aromatic rings. The number of aryl methyl sites for hydroxylation is 1. The molecule has 1 aliphatic heterocycles. The van der Waals surface area contributed by atoms with Gasteiger partial charge in [0, 0.05) is 30.8 Å². The summed E-state index contributed by atoms with van der Waals surface area (Å²) in [6.07, 6.45) is -5.30. The number of sulfonamides is 1. The van der Waals surface area contributed by atoms with Gasteiger partial charge in [-0.3, -0.25) is 14.5 Å². The number of nitrogens with one attached hydrogen (secondary N) is 1. The van der Waals surface area contributed by atoms with Crippen molar-refractivity contribution < 1.29 is 40.0 Å². The van der Waals surface area contributed by atoms with Gasteiger partial charge in [0.05, 0.1) is 22.9 Å². The van der Waals surface area contributed by atoms with Crippen LogP contribution in [0.25, 0.3) is 0 Å². The predicted octanol–water partition coefficient (Wildman–Crippen LogP) is 4.88. The lowest BCUT2D eigenvalue weighted by atomic mass is 9.87. The van der Waals surface area contributed by atoms with E-state index in [-0.39, 0.29) is 29.1 Å². The van der Waals surface area contributed by atoms with E-state index in [0.29, 0.717) is 15.9 Å². The van der Waals surface area contributed by atoms with E-state index in [2.05, 4.69) is 10.3 Å². The largest absolute Gasteiger partial charge is 0.416 e. The Labute approximate surface area is 255 Å². The highest BCUT2D eigenvalue weighted by atomic mass is 32.2. The molecule has 1 N–H and O–H groups in total. The molecule has 1 saturated heterocycles. The second-order valence-electron chi connectivity index (χ2n) is 10.9. The highest BCUT2D eigenvalue weighted by Gasteiger charge is 2.50. The molecule has 0 bridgehead atoms. The van der Waals surface area contributed by atoms with Crippen LogP contribution in [0.15, 0.2) is 66.9 Å². The van der Waals surface area contributed by atoms with E-state index >= 15 is 0 Å². The number of rotatable bonds is 7. The summed E-state index contributed by atoms with van der Waals surface area (Å²) in [7, 11) is -4.20. The normalized spacial score (nSPS) is 19.7. The number of hydrogen-bond donors (Lipinski definition) is 1. The molecule has 5 rings (SSSR count). The zero-order valence-corrected chi connectivity index (χ0v) is 24.4. The number of nitrogens with zero attached hydrogens (tertiary/aromatic N) is 4. The van der Waals surface area contributed by atoms with Gasteiger partial charge >= 0.3 is 6.18 Å². The molecule has 2 heterocycles. The third-order valence-electron chi connectivity index (χ3n) is 7.73. The van der Waals surface area contributed by atoms with Gasteiger partial charge in [0.15, 0.2) is 0 Å². The van der Waals surface area contributed by atoms with E-state index in [1.54, 1.807) is 25.1 Å². The molecule has 2 fully saturated rings. The van der Waals surface area contributed by atoms with Crippen LogP contribution in [0, 0.1) is 18.3 Å². The van der Waals surface area contributed by atoms with Crippen molar-refractivity contribution in [3.05, 3.63) is 89.1 Å². The van der Waals surface area contributed by atoms with Crippen molar-refractivity contribution >= 4 is 33.3 Å². The van der Waals surface area contributed by atoms with E-state index in [9.17, 15) is 45.2 Å². The Hall–Kier alpha value is -4.58. The minimum Gasteiger partial charge on any atom is -0.351 e. The van der Waals surface area contributed by atoms with Gasteiger partial charge < -0.3 is 5.32 Å². The van der Waals surface area contributed by atoms with Gasteiger partial charge in [-0.1, -0.05) is 30.3 Å². The molecule has 0 radical (unpaired) electrons. The number of hydrogen-bond acceptors (Lipinski definition) is 6. The van der Waals surface area contributed by atoms with Gasteiger partial charge in [-0.25, -0.2) is 26.5 Å². The van der Waals surface area contributed by atoms with Crippen molar-refractivity contribution in [2.45, 2.75) is 56.4 Å². The Morgan fingerprint density at radius 2 is 1.82 bits per heavy atom. The molecular formula is C30H26F5N5O4S. The molecule has 15 heteroatoms. The number of alkyl halides is 5. The molecule has 2 amide bonds. The molecule has 1 saturated carbocycles. The second-order valence-corrected chi connectivity index (χ2v) is 12.9. The maximum atomic E-state index is 14.6. The molecule has 1 aromatic heterocycles. The maximum absolute atomic E-state index is 14.6. The highest BCUT2D eigenvalue weighted by molar-refractivity contribution is 7.93. The fourth-order valence-corrected chi connectivity index (χ4v) is 7.22. The molecule has 1 aliphatic carbocycles. The number of aromatic nitrogens is 1. The summed E-state index contributed by atoms with van der Waals surface area (Å²) in [5.74, 6) is -5.79. The van der Waals surface area contributed by atoms with E-state index in [1.807, 2.05) is 6.07 Å². The topological polar surface area (TPSA) is 123 Å². The average Bonchev–Trinajstić information content (AvgIpc) is 3.29. The van der Waals surface area contributed by atoms with Crippen LogP contribution < -0.4 is 14.5 Å². The lowest BCUT2D eigenvalue weighted by Crippen LogP contribution is -2.56. The summed E-state index contributed by atoms with van der Waals surface area (Å²) in [5, 5.41) is 11.8. The monoisotopic (exact) mass is 647 g/mol. The highest BCUT2D eigenvalue weighted by Crippen LogP contribution is 2.40. The van der Waals surface area contributed by atoms with E-state index < -0.39 is 76.2 Å². The number of anilines is 2. The summed E-state index contributed by atoms with van der Waals surface area (Å²) in [4.78, 5) is 33.3. The summed E-state index contributed by atoms with van der Waals surface area (Å²) in [5.41, 5.74) is -0.832. The van der Waals surface area contributed by atoms with Crippen LogP contribution >= 0.6 is 0 Å². The number of pyridine rings is 1. The minimum absolute atomic E-state index is 0.0394. The van der Waals surface area contributed by atoms with Crippen molar-refractivity contribution in [2.75, 3.05) is 15.0 Å². The standard InChI is InChI=1S/C30H26F5N5O4S/c1-18-5-2-3-8-23(18)26(27(41)38-21-15-29(31,32)16-21)39(22-7-4-6-20(14-22)30(33,34)35)28(42)24-10-12-45(43,44)40(24)25-13-19(17-36)9-11-37-25/h2-9,11,13-14,21,24,26H,10,12,15-16H2,1H3,(H,38,41)/t24-,26?/m0/s1. The lowest BCUT2D eigenvalue weighted by Gasteiger charge is -2.39. The van der Waals surface area contributed by atoms with Crippen molar-refractivity contribution in [1.82, 2.24) is 10.3 Å². The Balaban J connectivity index is 1.68. The summed E-state index contributed by atoms with van der Waals surface area (Å²) in [6.45, 7) is 1.60. The molecule has 2 aliphatic rings. The van der Waals surface area contributed by atoms with Crippen LogP contribution in [0.4, 0.5) is 33.5 Å². The van der Waals surface area contributed by atoms with Crippen LogP contribution in [-0.2, 0) is 25.8 Å². The quantitative estimate of drug-likeness (QED) is 0.365. The first-order valence-corrected chi connectivity index (χ1v) is 15.3. The fourth-order valence-electron chi connectivity index (χ4n) is 5.54. The van der Waals surface area contributed by atoms with Crippen molar-refractivity contribution in [3.8, 4) is 6.07 Å². The molecular weight excluding hydrogens is 621 g/mol. The third kappa shape index (κ3) is 6.46. The number of carbonyl (C=O) groups is 2. The van der Waals surface area contributed by atoms with Gasteiger partial charge in [-0.05, 0) is 54.8 Å². The molecule has 1 unspecified atom stereocenters. The molecule has 9 nitrogen and oxygen atoms in total. The van der Waals surface area contributed by atoms with Gasteiger partial charge in [-0.2, -0.15) is 18.4 Å². The van der Waals surface area contributed by atoms with E-state index in [4.69, 9.17) is 0 Å². The molecule has 2 aromatic carbocycles. The van der Waals surface area contributed by atoms with Crippen LogP contribution in [0.1, 0.15) is 47.6 Å². The molecule has 236 valence electrons. The predicted molar refractivity (Wildman–Crippen MR) is 153 cm³/mol. The number of halogens is 5. The van der Waals surface area contributed by atoms with Gasteiger partial charge in [0.2, 0.25) is 15.9 Å². The number of amides is 2. The maximum Gasteiger partial charge on any atom is 0.416 e. The summed E-state index contributed by atoms with van der Waals surface area (Å²) >= 11 is 0. The zero-order valence-electron chi connectivity index (χ0n) is 23.6. The van der Waals surface area contributed by atoms with Gasteiger partial charge in [0.25, 0.3) is 11.8 Å².